The zero-order valence-corrected chi connectivity index (χ0v) is 28.8. The first-order valence-electron chi connectivity index (χ1n) is 15.9. The zero-order chi connectivity index (χ0) is 33.0. The van der Waals surface area contributed by atoms with Crippen LogP contribution in [-0.4, -0.2) is 57.1 Å². The molecule has 6 unspecified atom stereocenters. The Hall–Kier alpha value is -3.42. The summed E-state index contributed by atoms with van der Waals surface area (Å²) in [4.78, 5) is 69.3. The third-order valence-corrected chi connectivity index (χ3v) is 13.2. The molecule has 3 heterocycles. The minimum Gasteiger partial charge on any atom is -0.483 e. The first kappa shape index (κ1) is 32.1. The first-order valence-corrected chi connectivity index (χ1v) is 18.3. The van der Waals surface area contributed by atoms with E-state index in [1.165, 1.54) is 16.2 Å². The highest BCUT2D eigenvalue weighted by atomic mass is 79.9. The van der Waals surface area contributed by atoms with Crippen LogP contribution in [0.3, 0.4) is 0 Å². The number of thioether (sulfide) groups is 1. The number of nitrogens with one attached hydrogen (secondary N) is 2. The van der Waals surface area contributed by atoms with Crippen LogP contribution in [0.1, 0.15) is 54.0 Å². The van der Waals surface area contributed by atoms with E-state index in [4.69, 9.17) is 9.84 Å². The van der Waals surface area contributed by atoms with Crippen molar-refractivity contribution >= 4 is 68.4 Å². The van der Waals surface area contributed by atoms with Crippen molar-refractivity contribution in [1.82, 2.24) is 9.88 Å². The molecule has 2 bridgehead atoms. The Morgan fingerprint density at radius 3 is 2.53 bits per heavy atom. The van der Waals surface area contributed by atoms with Gasteiger partial charge in [-0.1, -0.05) is 51.4 Å². The molecule has 47 heavy (non-hydrogen) atoms. The number of rotatable bonds is 11. The summed E-state index contributed by atoms with van der Waals surface area (Å²) in [5.41, 5.74) is 2.60. The van der Waals surface area contributed by atoms with E-state index < -0.39 is 11.9 Å². The van der Waals surface area contributed by atoms with Gasteiger partial charge in [0.05, 0.1) is 16.9 Å². The maximum absolute atomic E-state index is 13.9. The summed E-state index contributed by atoms with van der Waals surface area (Å²) in [7, 11) is 0. The minimum absolute atomic E-state index is 0.00989. The third kappa shape index (κ3) is 5.95. The highest BCUT2D eigenvalue weighted by Gasteiger charge is 2.69. The Bertz CT molecular complexity index is 1810. The van der Waals surface area contributed by atoms with Crippen LogP contribution in [0.2, 0.25) is 0 Å². The van der Waals surface area contributed by atoms with Gasteiger partial charge in [-0.05, 0) is 74.3 Å². The number of fused-ring (bicyclic) bond motifs is 9. The van der Waals surface area contributed by atoms with E-state index in [1.54, 1.807) is 11.8 Å². The van der Waals surface area contributed by atoms with Crippen LogP contribution >= 0.6 is 39.0 Å². The SMILES string of the molecule is Cc1ccc(NC(=O)COc2ccc(Br)cc2[C@H]2c3sc(=O)[nH]c3SC3C4CC(C5C(=O)N(CCCCCC(=O)O)C(=O)C45)C32)cc1. The number of likely N-dealkylation sites (tertiary alicyclic amines) is 1. The van der Waals surface area contributed by atoms with Crippen molar-refractivity contribution in [2.75, 3.05) is 18.5 Å². The monoisotopic (exact) mass is 739 g/mol. The minimum atomic E-state index is -0.849. The van der Waals surface area contributed by atoms with Gasteiger partial charge >= 0.3 is 10.8 Å². The molecular weight excluding hydrogens is 706 g/mol. The Balaban J connectivity index is 1.16. The number of carboxylic acid groups (broad SMARTS) is 1. The fourth-order valence-corrected chi connectivity index (χ4v) is 11.5. The van der Waals surface area contributed by atoms with E-state index >= 15 is 0 Å². The quantitative estimate of drug-likeness (QED) is 0.169. The number of hydrogen-bond acceptors (Lipinski definition) is 8. The molecule has 4 aliphatic rings. The van der Waals surface area contributed by atoms with Crippen molar-refractivity contribution in [3.05, 3.63) is 72.6 Å². The number of nitrogens with zero attached hydrogens (tertiary/aromatic N) is 1. The molecule has 1 aromatic heterocycles. The highest BCUT2D eigenvalue weighted by Crippen LogP contribution is 2.69. The summed E-state index contributed by atoms with van der Waals surface area (Å²) in [6.07, 6.45) is 2.57. The van der Waals surface area contributed by atoms with Gasteiger partial charge in [0.25, 0.3) is 5.91 Å². The smallest absolute Gasteiger partial charge is 0.305 e. The van der Waals surface area contributed by atoms with Crippen molar-refractivity contribution < 1.29 is 29.0 Å². The zero-order valence-electron chi connectivity index (χ0n) is 25.6. The van der Waals surface area contributed by atoms with E-state index in [9.17, 15) is 24.0 Å². The van der Waals surface area contributed by atoms with Crippen LogP contribution in [-0.2, 0) is 19.2 Å². The molecular formula is C34H34BrN3O7S2. The maximum atomic E-state index is 13.9. The molecule has 2 saturated carbocycles. The van der Waals surface area contributed by atoms with Crippen molar-refractivity contribution in [2.45, 2.75) is 55.2 Å². The summed E-state index contributed by atoms with van der Waals surface area (Å²) in [6, 6.07) is 13.2. The Morgan fingerprint density at radius 1 is 1.04 bits per heavy atom. The molecule has 246 valence electrons. The number of benzene rings is 2. The highest BCUT2D eigenvalue weighted by molar-refractivity contribution is 9.10. The molecule has 2 aliphatic carbocycles. The van der Waals surface area contributed by atoms with Crippen molar-refractivity contribution in [3.8, 4) is 5.75 Å². The van der Waals surface area contributed by atoms with Gasteiger partial charge < -0.3 is 20.1 Å². The molecule has 3 N–H and O–H groups in total. The number of aliphatic carboxylic acids is 1. The number of H-pyrrole nitrogens is 1. The fraction of sp³-hybridized carbons (Fsp3) is 0.441. The molecule has 10 nitrogen and oxygen atoms in total. The standard InChI is InChI=1S/C34H34BrN3O7S2/c1-16-6-9-18(10-7-16)36-23(39)15-45-22-11-8-17(35)13-19(22)25-26-20-14-21(29(26)46-31-30(25)47-34(44)37-31)28-27(20)32(42)38(33(28)43)12-4-2-3-5-24(40)41/h6-11,13,20-21,25-29H,2-5,12,14-15H2,1H3,(H,36,39)(H,37,44)(H,40,41)/t20?,21?,25-,26?,27?,28?,29?/m1/s1. The Labute approximate surface area is 287 Å². The third-order valence-electron chi connectivity index (χ3n) is 10.1. The van der Waals surface area contributed by atoms with Crippen molar-refractivity contribution in [3.63, 3.8) is 0 Å². The average Bonchev–Trinajstić information content (AvgIpc) is 3.77. The molecule has 2 aromatic carbocycles. The van der Waals surface area contributed by atoms with Gasteiger partial charge in [0.1, 0.15) is 5.75 Å². The van der Waals surface area contributed by atoms with Gasteiger partial charge in [0.15, 0.2) is 6.61 Å². The van der Waals surface area contributed by atoms with Gasteiger partial charge in [-0.15, -0.1) is 11.8 Å². The van der Waals surface area contributed by atoms with Crippen LogP contribution < -0.4 is 14.9 Å². The lowest BCUT2D eigenvalue weighted by atomic mass is 9.68. The second-order valence-corrected chi connectivity index (χ2v) is 16.0. The molecule has 1 saturated heterocycles. The number of aromatic amines is 1. The van der Waals surface area contributed by atoms with Gasteiger partial charge in [0, 0.05) is 44.7 Å². The number of imide groups is 1. The van der Waals surface area contributed by atoms with E-state index in [0.29, 0.717) is 37.2 Å². The number of unbranched alkanes of at least 4 members (excludes halogenated alkanes) is 2. The lowest BCUT2D eigenvalue weighted by molar-refractivity contribution is -0.141. The first-order chi connectivity index (χ1) is 22.6. The second kappa shape index (κ2) is 12.9. The molecule has 3 aromatic rings. The van der Waals surface area contributed by atoms with E-state index in [2.05, 4.69) is 26.2 Å². The number of halogens is 1. The van der Waals surface area contributed by atoms with Crippen molar-refractivity contribution in [2.24, 2.45) is 29.6 Å². The molecule has 3 amide bonds. The summed E-state index contributed by atoms with van der Waals surface area (Å²) in [5.74, 6) is -1.99. The summed E-state index contributed by atoms with van der Waals surface area (Å²) in [6.45, 7) is 2.08. The number of carbonyl (C=O) groups excluding carboxylic acids is 3. The summed E-state index contributed by atoms with van der Waals surface area (Å²) >= 11 is 6.41. The van der Waals surface area contributed by atoms with E-state index in [0.717, 1.165) is 31.9 Å². The topological polar surface area (TPSA) is 146 Å². The molecule has 2 aliphatic heterocycles. The van der Waals surface area contributed by atoms with Crippen LogP contribution in [0.15, 0.2) is 56.8 Å². The van der Waals surface area contributed by atoms with Gasteiger partial charge in [-0.2, -0.15) is 0 Å². The van der Waals surface area contributed by atoms with Crippen LogP contribution in [0.25, 0.3) is 0 Å². The molecule has 0 spiro atoms. The summed E-state index contributed by atoms with van der Waals surface area (Å²) < 4.78 is 7.01. The number of anilines is 1. The number of amides is 3. The average molecular weight is 741 g/mol. The molecule has 0 radical (unpaired) electrons. The van der Waals surface area contributed by atoms with E-state index in [1.807, 2.05) is 49.4 Å². The molecule has 3 fully saturated rings. The van der Waals surface area contributed by atoms with Crippen LogP contribution in [0.5, 0.6) is 5.75 Å². The lowest BCUT2D eigenvalue weighted by Gasteiger charge is -2.43. The largest absolute Gasteiger partial charge is 0.483 e. The molecule has 7 atom stereocenters. The lowest BCUT2D eigenvalue weighted by Crippen LogP contribution is -2.42. The second-order valence-electron chi connectivity index (χ2n) is 12.9. The number of hydrogen-bond donors (Lipinski definition) is 3. The number of carbonyl (C=O) groups is 4. The Morgan fingerprint density at radius 2 is 1.79 bits per heavy atom. The predicted octanol–water partition coefficient (Wildman–Crippen LogP) is 5.64. The number of carboxylic acids is 1. The number of aryl methyl sites for hydroxylation is 1. The number of aromatic nitrogens is 1. The van der Waals surface area contributed by atoms with Crippen LogP contribution in [0, 0.1) is 36.5 Å². The molecule has 7 rings (SSSR count). The van der Waals surface area contributed by atoms with Gasteiger partial charge in [0.2, 0.25) is 11.8 Å². The fourth-order valence-electron chi connectivity index (χ4n) is 8.24. The number of ether oxygens (including phenoxy) is 1. The van der Waals surface area contributed by atoms with Crippen molar-refractivity contribution in [1.29, 1.82) is 0 Å². The van der Waals surface area contributed by atoms with Gasteiger partial charge in [-0.3, -0.25) is 28.9 Å². The number of thiazole rings is 1. The predicted molar refractivity (Wildman–Crippen MR) is 181 cm³/mol. The maximum Gasteiger partial charge on any atom is 0.305 e. The van der Waals surface area contributed by atoms with E-state index in [-0.39, 0.29) is 70.5 Å². The Kier molecular flexibility index (Phi) is 8.81. The summed E-state index contributed by atoms with van der Waals surface area (Å²) in [5, 5.41) is 12.6. The van der Waals surface area contributed by atoms with Gasteiger partial charge in [-0.25, -0.2) is 0 Å². The molecule has 13 heteroatoms. The van der Waals surface area contributed by atoms with Crippen LogP contribution in [0.4, 0.5) is 5.69 Å². The normalized spacial score (nSPS) is 27.0.